The number of hydrogen-bond donors (Lipinski definition) is 0. The Labute approximate surface area is 98.0 Å². The van der Waals surface area contributed by atoms with Gasteiger partial charge in [-0.25, -0.2) is 8.42 Å². The van der Waals surface area contributed by atoms with Crippen molar-refractivity contribution in [3.8, 4) is 5.75 Å². The average Bonchev–Trinajstić information content (AvgIpc) is 2.26. The van der Waals surface area contributed by atoms with Crippen molar-refractivity contribution in [2.24, 2.45) is 0 Å². The molecule has 2 rings (SSSR count). The normalized spacial score (nSPS) is 11.6. The molecule has 3 nitrogen and oxygen atoms in total. The molecule has 0 spiro atoms. The lowest BCUT2D eigenvalue weighted by Crippen LogP contribution is -1.94. The van der Waals surface area contributed by atoms with Crippen LogP contribution in [-0.4, -0.2) is 15.5 Å². The first-order valence-electron chi connectivity index (χ1n) is 4.54. The molecule has 0 bridgehead atoms. The summed E-state index contributed by atoms with van der Waals surface area (Å²) in [6.07, 6.45) is 0. The molecule has 0 radical (unpaired) electrons. The lowest BCUT2D eigenvalue weighted by molar-refractivity contribution is 0.419. The molecule has 2 aromatic carbocycles. The van der Waals surface area contributed by atoms with Crippen molar-refractivity contribution in [2.75, 3.05) is 7.11 Å². The summed E-state index contributed by atoms with van der Waals surface area (Å²) in [5.74, 6) is 0.625. The Morgan fingerprint density at radius 1 is 1.06 bits per heavy atom. The molecule has 0 N–H and O–H groups in total. The molecule has 0 amide bonds. The van der Waals surface area contributed by atoms with Crippen molar-refractivity contribution >= 4 is 30.5 Å². The fraction of sp³-hybridized carbons (Fsp3) is 0.0909. The lowest BCUT2D eigenvalue weighted by atomic mass is 10.1. The Hall–Kier alpha value is -1.26. The van der Waals surface area contributed by atoms with E-state index in [1.54, 1.807) is 24.3 Å². The molecule has 5 heteroatoms. The van der Waals surface area contributed by atoms with Crippen LogP contribution in [-0.2, 0) is 9.05 Å². The van der Waals surface area contributed by atoms with E-state index < -0.39 is 9.05 Å². The van der Waals surface area contributed by atoms with Gasteiger partial charge in [0.05, 0.1) is 12.0 Å². The quantitative estimate of drug-likeness (QED) is 0.776. The van der Waals surface area contributed by atoms with Gasteiger partial charge in [0.15, 0.2) is 0 Å². The number of ether oxygens (including phenoxy) is 1. The van der Waals surface area contributed by atoms with E-state index in [2.05, 4.69) is 0 Å². The van der Waals surface area contributed by atoms with E-state index in [9.17, 15) is 8.42 Å². The summed E-state index contributed by atoms with van der Waals surface area (Å²) in [5, 5.41) is 1.29. The van der Waals surface area contributed by atoms with E-state index in [1.807, 2.05) is 6.07 Å². The maximum Gasteiger partial charge on any atom is 0.261 e. The molecule has 0 aromatic heterocycles. The molecule has 0 unspecified atom stereocenters. The molecule has 0 saturated carbocycles. The highest BCUT2D eigenvalue weighted by atomic mass is 35.7. The Kier molecular flexibility index (Phi) is 2.78. The van der Waals surface area contributed by atoms with Crippen molar-refractivity contribution in [3.05, 3.63) is 36.4 Å². The highest BCUT2D eigenvalue weighted by molar-refractivity contribution is 8.14. The van der Waals surface area contributed by atoms with E-state index in [4.69, 9.17) is 15.4 Å². The summed E-state index contributed by atoms with van der Waals surface area (Å²) in [4.78, 5) is 0.102. The molecular weight excluding hydrogens is 248 g/mol. The zero-order valence-electron chi connectivity index (χ0n) is 8.48. The van der Waals surface area contributed by atoms with E-state index in [-0.39, 0.29) is 4.90 Å². The monoisotopic (exact) mass is 256 g/mol. The average molecular weight is 257 g/mol. The Morgan fingerprint density at radius 2 is 1.69 bits per heavy atom. The summed E-state index contributed by atoms with van der Waals surface area (Å²) in [6, 6.07) is 10.1. The van der Waals surface area contributed by atoms with Crippen molar-refractivity contribution in [2.45, 2.75) is 4.90 Å². The zero-order valence-corrected chi connectivity index (χ0v) is 10.0. The minimum Gasteiger partial charge on any atom is -0.496 e. The summed E-state index contributed by atoms with van der Waals surface area (Å²) in [7, 11) is 3.17. The fourth-order valence-electron chi connectivity index (χ4n) is 1.63. The first-order chi connectivity index (χ1) is 7.54. The van der Waals surface area contributed by atoms with Gasteiger partial charge in [-0.3, -0.25) is 0 Å². The van der Waals surface area contributed by atoms with Gasteiger partial charge in [0, 0.05) is 21.5 Å². The van der Waals surface area contributed by atoms with E-state index in [0.29, 0.717) is 11.1 Å². The number of fused-ring (bicyclic) bond motifs is 1. The third-order valence-corrected chi connectivity index (χ3v) is 3.71. The van der Waals surface area contributed by atoms with Crippen LogP contribution in [0.15, 0.2) is 41.3 Å². The van der Waals surface area contributed by atoms with Crippen LogP contribution in [0.3, 0.4) is 0 Å². The Morgan fingerprint density at radius 3 is 2.25 bits per heavy atom. The number of rotatable bonds is 2. The van der Waals surface area contributed by atoms with Gasteiger partial charge in [0.2, 0.25) is 0 Å². The third-order valence-electron chi connectivity index (χ3n) is 2.33. The zero-order chi connectivity index (χ0) is 11.8. The molecule has 0 fully saturated rings. The summed E-state index contributed by atoms with van der Waals surface area (Å²) < 4.78 is 27.9. The van der Waals surface area contributed by atoms with Crippen LogP contribution < -0.4 is 4.74 Å². The largest absolute Gasteiger partial charge is 0.496 e. The molecule has 2 aromatic rings. The molecule has 0 saturated heterocycles. The van der Waals surface area contributed by atoms with Crippen molar-refractivity contribution < 1.29 is 13.2 Å². The van der Waals surface area contributed by atoms with Crippen LogP contribution >= 0.6 is 10.7 Å². The minimum absolute atomic E-state index is 0.102. The van der Waals surface area contributed by atoms with E-state index in [1.165, 1.54) is 13.2 Å². The molecule has 0 atom stereocenters. The number of halogens is 1. The van der Waals surface area contributed by atoms with Gasteiger partial charge in [-0.2, -0.15) is 0 Å². The summed E-state index contributed by atoms with van der Waals surface area (Å²) in [6.45, 7) is 0. The highest BCUT2D eigenvalue weighted by Gasteiger charge is 2.15. The topological polar surface area (TPSA) is 43.4 Å². The van der Waals surface area contributed by atoms with Crippen LogP contribution in [0.25, 0.3) is 10.8 Å². The predicted molar refractivity (Wildman–Crippen MR) is 63.5 cm³/mol. The molecular formula is C11H9ClO3S. The Bertz CT molecular complexity index is 635. The van der Waals surface area contributed by atoms with Gasteiger partial charge in [-0.05, 0) is 12.1 Å². The standard InChI is InChI=1S/C11H9ClO3S/c1-15-10-6-7-11(16(12,13)14)9-5-3-2-4-8(9)10/h2-7H,1H3. The van der Waals surface area contributed by atoms with Crippen LogP contribution in [0.5, 0.6) is 5.75 Å². The lowest BCUT2D eigenvalue weighted by Gasteiger charge is -2.07. The first-order valence-corrected chi connectivity index (χ1v) is 6.85. The second kappa shape index (κ2) is 3.96. The summed E-state index contributed by atoms with van der Waals surface area (Å²) >= 11 is 0. The molecule has 0 aliphatic carbocycles. The van der Waals surface area contributed by atoms with Crippen molar-refractivity contribution in [1.29, 1.82) is 0 Å². The SMILES string of the molecule is COc1ccc(S(=O)(=O)Cl)c2ccccc12. The van der Waals surface area contributed by atoms with E-state index >= 15 is 0 Å². The van der Waals surface area contributed by atoms with Crippen LogP contribution in [0.2, 0.25) is 0 Å². The van der Waals surface area contributed by atoms with E-state index in [0.717, 1.165) is 5.39 Å². The van der Waals surface area contributed by atoms with Gasteiger partial charge in [0.1, 0.15) is 5.75 Å². The van der Waals surface area contributed by atoms with Gasteiger partial charge in [-0.15, -0.1) is 0 Å². The minimum atomic E-state index is -3.74. The smallest absolute Gasteiger partial charge is 0.261 e. The number of methoxy groups -OCH3 is 1. The van der Waals surface area contributed by atoms with Gasteiger partial charge in [0.25, 0.3) is 9.05 Å². The van der Waals surface area contributed by atoms with Crippen LogP contribution in [0.1, 0.15) is 0 Å². The van der Waals surface area contributed by atoms with Crippen molar-refractivity contribution in [1.82, 2.24) is 0 Å². The second-order valence-electron chi connectivity index (χ2n) is 3.25. The predicted octanol–water partition coefficient (Wildman–Crippen LogP) is 2.78. The molecule has 0 aliphatic heterocycles. The molecule has 16 heavy (non-hydrogen) atoms. The number of hydrogen-bond acceptors (Lipinski definition) is 3. The summed E-state index contributed by atoms with van der Waals surface area (Å²) in [5.41, 5.74) is 0. The fourth-order valence-corrected chi connectivity index (χ4v) is 2.71. The van der Waals surface area contributed by atoms with Gasteiger partial charge in [-0.1, -0.05) is 24.3 Å². The second-order valence-corrected chi connectivity index (χ2v) is 5.78. The molecule has 0 aliphatic rings. The van der Waals surface area contributed by atoms with Gasteiger partial charge < -0.3 is 4.74 Å². The van der Waals surface area contributed by atoms with Crippen LogP contribution in [0.4, 0.5) is 0 Å². The third kappa shape index (κ3) is 1.86. The number of benzene rings is 2. The first kappa shape index (κ1) is 11.2. The van der Waals surface area contributed by atoms with Crippen LogP contribution in [0, 0.1) is 0 Å². The molecule has 84 valence electrons. The molecule has 0 heterocycles. The van der Waals surface area contributed by atoms with Gasteiger partial charge >= 0.3 is 0 Å². The van der Waals surface area contributed by atoms with Crippen molar-refractivity contribution in [3.63, 3.8) is 0 Å². The maximum absolute atomic E-state index is 11.4. The maximum atomic E-state index is 11.4. The Balaban J connectivity index is 2.91. The highest BCUT2D eigenvalue weighted by Crippen LogP contribution is 2.32.